The van der Waals surface area contributed by atoms with E-state index in [0.29, 0.717) is 12.5 Å². The molecule has 214 valence electrons. The minimum Gasteiger partial charge on any atom is -0.492 e. The lowest BCUT2D eigenvalue weighted by atomic mass is 9.81. The van der Waals surface area contributed by atoms with Crippen LogP contribution < -0.4 is 20.4 Å². The van der Waals surface area contributed by atoms with Crippen molar-refractivity contribution in [1.29, 1.82) is 0 Å². The van der Waals surface area contributed by atoms with Crippen molar-refractivity contribution < 1.29 is 9.53 Å². The number of urea groups is 1. The minimum absolute atomic E-state index is 0.107. The second kappa shape index (κ2) is 10.6. The van der Waals surface area contributed by atoms with Crippen molar-refractivity contribution in [3.05, 3.63) is 47.5 Å². The molecule has 2 amide bonds. The van der Waals surface area contributed by atoms with Crippen molar-refractivity contribution in [3.63, 3.8) is 0 Å². The lowest BCUT2D eigenvalue weighted by molar-refractivity contribution is 0.137. The third-order valence-electron chi connectivity index (χ3n) is 9.07. The Morgan fingerprint density at radius 1 is 1.07 bits per heavy atom. The molecule has 7 nitrogen and oxygen atoms in total. The van der Waals surface area contributed by atoms with E-state index in [0.717, 1.165) is 18.0 Å². The fraction of sp³-hybridized carbons (Fsp3) is 0.531. The molecule has 3 aliphatic rings. The van der Waals surface area contributed by atoms with Gasteiger partial charge in [0.15, 0.2) is 0 Å². The topological polar surface area (TPSA) is 61.8 Å². The summed E-state index contributed by atoms with van der Waals surface area (Å²) in [5.41, 5.74) is 10.2. The quantitative estimate of drug-likeness (QED) is 0.329. The van der Waals surface area contributed by atoms with Gasteiger partial charge in [0.25, 0.3) is 0 Å². The van der Waals surface area contributed by atoms with Crippen LogP contribution in [0, 0.1) is 12.8 Å². The van der Waals surface area contributed by atoms with Gasteiger partial charge in [-0.2, -0.15) is 4.41 Å². The van der Waals surface area contributed by atoms with Crippen LogP contribution in [0.3, 0.4) is 0 Å². The van der Waals surface area contributed by atoms with Gasteiger partial charge >= 0.3 is 6.03 Å². The number of carbonyl (C=O) groups is 1. The van der Waals surface area contributed by atoms with Gasteiger partial charge in [0.1, 0.15) is 5.75 Å². The number of aryl methyl sites for hydroxylation is 1. The molecule has 0 radical (unpaired) electrons. The predicted octanol–water partition coefficient (Wildman–Crippen LogP) is 7.04. The molecule has 1 unspecified atom stereocenters. The summed E-state index contributed by atoms with van der Waals surface area (Å²) in [6.07, 6.45) is 8.24. The van der Waals surface area contributed by atoms with E-state index in [1.54, 1.807) is 9.31 Å². The van der Waals surface area contributed by atoms with Crippen LogP contribution in [0.1, 0.15) is 69.9 Å². The average molecular weight is 562 g/mol. The number of carbonyl (C=O) groups excluding carboxylic acids is 1. The zero-order chi connectivity index (χ0) is 28.2. The second-order valence-electron chi connectivity index (χ2n) is 12.5. The van der Waals surface area contributed by atoms with Crippen LogP contribution in [0.25, 0.3) is 22.2 Å². The molecule has 0 spiro atoms. The molecule has 1 aromatic heterocycles. The molecule has 6 rings (SSSR count). The van der Waals surface area contributed by atoms with Crippen LogP contribution in [0.2, 0.25) is 0 Å². The van der Waals surface area contributed by atoms with Gasteiger partial charge in [-0.15, -0.1) is 0 Å². The van der Waals surface area contributed by atoms with Gasteiger partial charge in [-0.1, -0.05) is 31.4 Å². The smallest absolute Gasteiger partial charge is 0.349 e. The van der Waals surface area contributed by atoms with Gasteiger partial charge < -0.3 is 9.30 Å². The maximum atomic E-state index is 13.7. The lowest BCUT2D eigenvalue weighted by Gasteiger charge is -2.39. The number of hydrogen-bond donors (Lipinski definition) is 2. The van der Waals surface area contributed by atoms with Crippen LogP contribution >= 0.6 is 11.9 Å². The Kier molecular flexibility index (Phi) is 7.30. The summed E-state index contributed by atoms with van der Waals surface area (Å²) in [4.78, 5) is 15.4. The Bertz CT molecular complexity index is 1430. The Hall–Kier alpha value is -2.68. The van der Waals surface area contributed by atoms with E-state index in [2.05, 4.69) is 79.4 Å². The highest BCUT2D eigenvalue weighted by molar-refractivity contribution is 7.96. The van der Waals surface area contributed by atoms with Gasteiger partial charge in [0, 0.05) is 48.4 Å². The van der Waals surface area contributed by atoms with E-state index in [-0.39, 0.29) is 18.0 Å². The van der Waals surface area contributed by atoms with E-state index >= 15 is 0 Å². The van der Waals surface area contributed by atoms with Crippen LogP contribution in [0.5, 0.6) is 5.75 Å². The zero-order valence-electron chi connectivity index (χ0n) is 24.7. The molecule has 4 bridgehead atoms. The predicted molar refractivity (Wildman–Crippen MR) is 166 cm³/mol. The Balaban J connectivity index is 1.64. The first-order valence-corrected chi connectivity index (χ1v) is 15.9. The molecule has 2 aromatic carbocycles. The number of hydrogen-bond acceptors (Lipinski definition) is 5. The van der Waals surface area contributed by atoms with Crippen molar-refractivity contribution in [2.75, 3.05) is 24.8 Å². The van der Waals surface area contributed by atoms with E-state index in [1.807, 2.05) is 13.3 Å². The highest BCUT2D eigenvalue weighted by Crippen LogP contribution is 2.48. The fourth-order valence-corrected chi connectivity index (χ4v) is 7.58. The highest BCUT2D eigenvalue weighted by Gasteiger charge is 2.35. The standard InChI is InChI=1S/C32H43N5O2S/c1-20-12-14-26-28(16-20)39-19-23-18-36-27-17-24(13-15-25(27)29(30(26)36)22-10-8-7-9-11-22)35(5)31(38)37(40-6)34-32(3,4)33-21(23)2/h12-17,21-23,33-34H,7-11,18-19H2,1-6H3/t21?,23-/m0/s1. The van der Waals surface area contributed by atoms with Crippen LogP contribution in [0.15, 0.2) is 36.4 Å². The SMILES string of the molecule is CSN1NC(C)(C)NC(C)[C@@H]2COc3cc(C)ccc3-c3c(C4CCCCC4)c4ccc(cc4n3C2)N(C)C1=O. The van der Waals surface area contributed by atoms with Crippen LogP contribution in [-0.2, 0) is 6.54 Å². The molecule has 1 fully saturated rings. The number of nitrogens with one attached hydrogen (secondary N) is 2. The Morgan fingerprint density at radius 2 is 1.85 bits per heavy atom. The summed E-state index contributed by atoms with van der Waals surface area (Å²) >= 11 is 1.38. The highest BCUT2D eigenvalue weighted by atomic mass is 32.2. The van der Waals surface area contributed by atoms with Crippen molar-refractivity contribution in [1.82, 2.24) is 19.7 Å². The number of amides is 2. The molecule has 1 aliphatic carbocycles. The van der Waals surface area contributed by atoms with Crippen LogP contribution in [0.4, 0.5) is 10.5 Å². The number of ether oxygens (including phenoxy) is 1. The van der Waals surface area contributed by atoms with Gasteiger partial charge in [-0.05, 0) is 93.8 Å². The molecule has 2 aliphatic heterocycles. The molecule has 2 N–H and O–H groups in total. The molecule has 3 aromatic rings. The van der Waals surface area contributed by atoms with Crippen molar-refractivity contribution >= 4 is 34.6 Å². The van der Waals surface area contributed by atoms with Gasteiger partial charge in [-0.3, -0.25) is 10.2 Å². The third-order valence-corrected chi connectivity index (χ3v) is 9.68. The summed E-state index contributed by atoms with van der Waals surface area (Å²) in [5.74, 6) is 1.71. The number of rotatable bonds is 2. The molecule has 1 saturated carbocycles. The van der Waals surface area contributed by atoms with E-state index in [9.17, 15) is 4.79 Å². The van der Waals surface area contributed by atoms with E-state index in [1.165, 1.54) is 77.3 Å². The monoisotopic (exact) mass is 561 g/mol. The van der Waals surface area contributed by atoms with Crippen LogP contribution in [-0.4, -0.2) is 46.6 Å². The first-order chi connectivity index (χ1) is 19.2. The molecule has 0 saturated heterocycles. The van der Waals surface area contributed by atoms with Crippen molar-refractivity contribution in [2.45, 2.75) is 84.0 Å². The third kappa shape index (κ3) is 4.88. The molecule has 40 heavy (non-hydrogen) atoms. The zero-order valence-corrected chi connectivity index (χ0v) is 25.5. The first kappa shape index (κ1) is 27.5. The van der Waals surface area contributed by atoms with Gasteiger partial charge in [0.05, 0.1) is 23.5 Å². The molecule has 2 atom stereocenters. The Morgan fingerprint density at radius 3 is 2.60 bits per heavy atom. The normalized spacial score (nSPS) is 23.7. The van der Waals surface area contributed by atoms with Crippen molar-refractivity contribution in [2.24, 2.45) is 5.92 Å². The first-order valence-electron chi connectivity index (χ1n) is 14.7. The summed E-state index contributed by atoms with van der Waals surface area (Å²) in [7, 11) is 1.87. The average Bonchev–Trinajstić information content (AvgIpc) is 3.24. The molecule has 8 heteroatoms. The number of nitrogens with zero attached hydrogens (tertiary/aromatic N) is 3. The Labute approximate surface area is 242 Å². The van der Waals surface area contributed by atoms with Gasteiger partial charge in [-0.25, -0.2) is 10.2 Å². The number of fused-ring (bicyclic) bond motifs is 4. The summed E-state index contributed by atoms with van der Waals surface area (Å²) in [5, 5.41) is 5.10. The number of anilines is 1. The largest absolute Gasteiger partial charge is 0.492 e. The van der Waals surface area contributed by atoms with Crippen molar-refractivity contribution in [3.8, 4) is 17.0 Å². The summed E-state index contributed by atoms with van der Waals surface area (Å²) in [6, 6.07) is 13.3. The summed E-state index contributed by atoms with van der Waals surface area (Å²) < 4.78 is 10.9. The van der Waals surface area contributed by atoms with Gasteiger partial charge in [0.2, 0.25) is 0 Å². The number of hydrazine groups is 1. The fourth-order valence-electron chi connectivity index (χ4n) is 6.98. The molecular formula is C32H43N5O2S. The molecule has 3 heterocycles. The molecular weight excluding hydrogens is 518 g/mol. The van der Waals surface area contributed by atoms with E-state index in [4.69, 9.17) is 4.74 Å². The maximum absolute atomic E-state index is 13.7. The minimum atomic E-state index is -0.523. The number of aromatic nitrogens is 1. The number of benzene rings is 2. The maximum Gasteiger partial charge on any atom is 0.349 e. The second-order valence-corrected chi connectivity index (χ2v) is 13.2. The summed E-state index contributed by atoms with van der Waals surface area (Å²) in [6.45, 7) is 10.0. The van der Waals surface area contributed by atoms with E-state index < -0.39 is 5.66 Å². The lowest BCUT2D eigenvalue weighted by Crippen LogP contribution is -2.63.